The third-order valence-electron chi connectivity index (χ3n) is 3.91. The van der Waals surface area contributed by atoms with Crippen molar-refractivity contribution in [2.24, 2.45) is 0 Å². The largest absolute Gasteiger partial charge is 0.472 e. The minimum atomic E-state index is -0.0610. The van der Waals surface area contributed by atoms with Crippen LogP contribution in [-0.4, -0.2) is 34.8 Å². The number of likely N-dealkylation sites (tertiary alicyclic amines) is 1. The molecule has 7 heteroatoms. The molecule has 2 amide bonds. The number of hydrogen-bond acceptors (Lipinski definition) is 5. The van der Waals surface area contributed by atoms with Gasteiger partial charge in [0.2, 0.25) is 5.91 Å². The van der Waals surface area contributed by atoms with Crippen molar-refractivity contribution in [1.29, 1.82) is 0 Å². The maximum atomic E-state index is 12.4. The first kappa shape index (κ1) is 15.7. The second-order valence-electron chi connectivity index (χ2n) is 5.69. The summed E-state index contributed by atoms with van der Waals surface area (Å²) >= 11 is 1.60. The van der Waals surface area contributed by atoms with Crippen LogP contribution in [0.5, 0.6) is 0 Å². The van der Waals surface area contributed by atoms with Gasteiger partial charge in [-0.3, -0.25) is 9.59 Å². The van der Waals surface area contributed by atoms with Crippen molar-refractivity contribution in [3.05, 3.63) is 40.2 Å². The molecule has 1 aliphatic heterocycles. The first-order valence-corrected chi connectivity index (χ1v) is 8.51. The molecule has 0 spiro atoms. The Bertz CT molecular complexity index is 681. The maximum Gasteiger partial charge on any atom is 0.257 e. The lowest BCUT2D eigenvalue weighted by atomic mass is 9.98. The Hall–Kier alpha value is -2.15. The lowest BCUT2D eigenvalue weighted by Gasteiger charge is -2.31. The summed E-state index contributed by atoms with van der Waals surface area (Å²) in [6, 6.07) is 1.70. The van der Waals surface area contributed by atoms with Crippen molar-refractivity contribution in [3.63, 3.8) is 0 Å². The topological polar surface area (TPSA) is 75.4 Å². The van der Waals surface area contributed by atoms with E-state index in [1.165, 1.54) is 19.5 Å². The summed E-state index contributed by atoms with van der Waals surface area (Å²) in [6.07, 6.45) is 5.00. The number of carbonyl (C=O) groups excluding carboxylic acids is 2. The molecule has 122 valence electrons. The van der Waals surface area contributed by atoms with Gasteiger partial charge >= 0.3 is 0 Å². The van der Waals surface area contributed by atoms with Crippen LogP contribution in [0.4, 0.5) is 0 Å². The number of furan rings is 1. The lowest BCUT2D eigenvalue weighted by Crippen LogP contribution is -2.38. The predicted octanol–water partition coefficient (Wildman–Crippen LogP) is 2.39. The molecule has 1 unspecified atom stereocenters. The first-order chi connectivity index (χ1) is 11.1. The number of hydrogen-bond donors (Lipinski definition) is 1. The molecule has 1 aliphatic rings. The molecule has 23 heavy (non-hydrogen) atoms. The highest BCUT2D eigenvalue weighted by atomic mass is 32.1. The van der Waals surface area contributed by atoms with Gasteiger partial charge < -0.3 is 14.6 Å². The minimum Gasteiger partial charge on any atom is -0.472 e. The smallest absolute Gasteiger partial charge is 0.257 e. The van der Waals surface area contributed by atoms with Gasteiger partial charge in [0.1, 0.15) is 6.26 Å². The number of nitrogens with one attached hydrogen (secondary N) is 1. The second-order valence-corrected chi connectivity index (χ2v) is 6.58. The van der Waals surface area contributed by atoms with E-state index in [1.807, 2.05) is 10.3 Å². The summed E-state index contributed by atoms with van der Waals surface area (Å²) in [6.45, 7) is 3.39. The standard InChI is InChI=1S/C16H19N3O3S/c1-11(20)17-7-14-10-23-15(18-14)12-3-2-5-19(8-12)16(21)13-4-6-22-9-13/h4,6,9-10,12H,2-3,5,7-8H2,1H3,(H,17,20). The van der Waals surface area contributed by atoms with E-state index in [0.29, 0.717) is 18.7 Å². The fourth-order valence-electron chi connectivity index (χ4n) is 2.74. The minimum absolute atomic E-state index is 0.0125. The zero-order chi connectivity index (χ0) is 16.2. The van der Waals surface area contributed by atoms with Crippen LogP contribution in [0.3, 0.4) is 0 Å². The van der Waals surface area contributed by atoms with E-state index < -0.39 is 0 Å². The molecular weight excluding hydrogens is 314 g/mol. The van der Waals surface area contributed by atoms with E-state index in [-0.39, 0.29) is 17.7 Å². The quantitative estimate of drug-likeness (QED) is 0.932. The Morgan fingerprint density at radius 1 is 1.52 bits per heavy atom. The lowest BCUT2D eigenvalue weighted by molar-refractivity contribution is -0.119. The molecule has 0 aliphatic carbocycles. The van der Waals surface area contributed by atoms with Gasteiger partial charge in [0.15, 0.2) is 0 Å². The van der Waals surface area contributed by atoms with Crippen molar-refractivity contribution in [2.45, 2.75) is 32.2 Å². The van der Waals surface area contributed by atoms with Gasteiger partial charge in [0.05, 0.1) is 29.1 Å². The highest BCUT2D eigenvalue weighted by Gasteiger charge is 2.27. The average Bonchev–Trinajstić information content (AvgIpc) is 3.24. The Morgan fingerprint density at radius 3 is 3.13 bits per heavy atom. The van der Waals surface area contributed by atoms with Crippen LogP contribution in [0.1, 0.15) is 46.7 Å². The van der Waals surface area contributed by atoms with Gasteiger partial charge in [-0.1, -0.05) is 0 Å². The number of carbonyl (C=O) groups is 2. The molecule has 2 aromatic heterocycles. The number of nitrogens with zero attached hydrogens (tertiary/aromatic N) is 2. The molecule has 6 nitrogen and oxygen atoms in total. The van der Waals surface area contributed by atoms with Crippen molar-refractivity contribution in [3.8, 4) is 0 Å². The SMILES string of the molecule is CC(=O)NCc1csc(C2CCCN(C(=O)c3ccoc3)C2)n1. The molecule has 1 atom stereocenters. The Kier molecular flexibility index (Phi) is 4.76. The molecule has 3 rings (SSSR count). The van der Waals surface area contributed by atoms with Crippen molar-refractivity contribution < 1.29 is 14.0 Å². The van der Waals surface area contributed by atoms with Crippen molar-refractivity contribution in [1.82, 2.24) is 15.2 Å². The van der Waals surface area contributed by atoms with Gasteiger partial charge in [-0.2, -0.15) is 0 Å². The predicted molar refractivity (Wildman–Crippen MR) is 86.2 cm³/mol. The van der Waals surface area contributed by atoms with E-state index in [9.17, 15) is 9.59 Å². The van der Waals surface area contributed by atoms with Crippen molar-refractivity contribution >= 4 is 23.2 Å². The number of thiazole rings is 1. The normalized spacial score (nSPS) is 18.0. The van der Waals surface area contributed by atoms with Crippen LogP contribution in [0, 0.1) is 0 Å². The van der Waals surface area contributed by atoms with E-state index >= 15 is 0 Å². The van der Waals surface area contributed by atoms with Gasteiger partial charge in [0.25, 0.3) is 5.91 Å². The highest BCUT2D eigenvalue weighted by Crippen LogP contribution is 2.30. The zero-order valence-corrected chi connectivity index (χ0v) is 13.8. The number of piperidine rings is 1. The van der Waals surface area contributed by atoms with Crippen molar-refractivity contribution in [2.75, 3.05) is 13.1 Å². The van der Waals surface area contributed by atoms with Crippen LogP contribution in [0.15, 0.2) is 28.4 Å². The molecule has 0 bridgehead atoms. The van der Waals surface area contributed by atoms with Gasteiger partial charge in [-0.15, -0.1) is 11.3 Å². The Morgan fingerprint density at radius 2 is 2.39 bits per heavy atom. The van der Waals surface area contributed by atoms with Gasteiger partial charge in [0, 0.05) is 31.3 Å². The maximum absolute atomic E-state index is 12.4. The molecular formula is C16H19N3O3S. The van der Waals surface area contributed by atoms with Crippen LogP contribution >= 0.6 is 11.3 Å². The molecule has 1 N–H and O–H groups in total. The van der Waals surface area contributed by atoms with Gasteiger partial charge in [-0.25, -0.2) is 4.98 Å². The van der Waals surface area contributed by atoms with E-state index in [4.69, 9.17) is 4.42 Å². The Labute approximate surface area is 138 Å². The molecule has 1 fully saturated rings. The van der Waals surface area contributed by atoms with Crippen LogP contribution in [0.25, 0.3) is 0 Å². The molecule has 3 heterocycles. The molecule has 0 radical (unpaired) electrons. The fraction of sp³-hybridized carbons (Fsp3) is 0.438. The highest BCUT2D eigenvalue weighted by molar-refractivity contribution is 7.09. The van der Waals surface area contributed by atoms with E-state index in [1.54, 1.807) is 17.4 Å². The summed E-state index contributed by atoms with van der Waals surface area (Å²) in [5.74, 6) is 0.211. The fourth-order valence-corrected chi connectivity index (χ4v) is 3.69. The summed E-state index contributed by atoms with van der Waals surface area (Å²) in [5, 5.41) is 5.77. The average molecular weight is 333 g/mol. The molecule has 2 aromatic rings. The van der Waals surface area contributed by atoms with Crippen LogP contribution < -0.4 is 5.32 Å². The first-order valence-electron chi connectivity index (χ1n) is 7.63. The second kappa shape index (κ2) is 6.95. The number of rotatable bonds is 4. The summed E-state index contributed by atoms with van der Waals surface area (Å²) < 4.78 is 5.00. The van der Waals surface area contributed by atoms with Crippen LogP contribution in [-0.2, 0) is 11.3 Å². The summed E-state index contributed by atoms with van der Waals surface area (Å²) in [4.78, 5) is 29.9. The molecule has 1 saturated heterocycles. The van der Waals surface area contributed by atoms with Crippen LogP contribution in [0.2, 0.25) is 0 Å². The number of amides is 2. The monoisotopic (exact) mass is 333 g/mol. The van der Waals surface area contributed by atoms with E-state index in [0.717, 1.165) is 30.1 Å². The third kappa shape index (κ3) is 3.79. The Balaban J connectivity index is 1.64. The summed E-state index contributed by atoms with van der Waals surface area (Å²) in [7, 11) is 0. The van der Waals surface area contributed by atoms with E-state index in [2.05, 4.69) is 10.3 Å². The molecule has 0 saturated carbocycles. The zero-order valence-electron chi connectivity index (χ0n) is 12.9. The third-order valence-corrected chi connectivity index (χ3v) is 4.97. The molecule has 0 aromatic carbocycles. The summed E-state index contributed by atoms with van der Waals surface area (Å²) in [5.41, 5.74) is 1.47. The number of aromatic nitrogens is 1. The van der Waals surface area contributed by atoms with Gasteiger partial charge in [-0.05, 0) is 18.9 Å².